The highest BCUT2D eigenvalue weighted by molar-refractivity contribution is 5.91. The molecule has 124 valence electrons. The van der Waals surface area contributed by atoms with Crippen LogP contribution in [0, 0.1) is 0 Å². The van der Waals surface area contributed by atoms with Crippen molar-refractivity contribution in [3.05, 3.63) is 42.0 Å². The van der Waals surface area contributed by atoms with E-state index in [2.05, 4.69) is 15.3 Å². The predicted molar refractivity (Wildman–Crippen MR) is 95.2 cm³/mol. The number of aromatic nitrogens is 2. The number of nitrogens with one attached hydrogen (secondary N) is 1. The Morgan fingerprint density at radius 1 is 0.958 bits per heavy atom. The molecule has 0 amide bonds. The van der Waals surface area contributed by atoms with Crippen molar-refractivity contribution in [2.24, 2.45) is 0 Å². The van der Waals surface area contributed by atoms with Crippen molar-refractivity contribution in [1.29, 1.82) is 0 Å². The number of ether oxygens (including phenoxy) is 2. The summed E-state index contributed by atoms with van der Waals surface area (Å²) in [5.41, 5.74) is 14.2. The second kappa shape index (κ2) is 6.49. The fourth-order valence-corrected chi connectivity index (χ4v) is 2.48. The molecule has 0 aliphatic carbocycles. The Balaban J connectivity index is 1.80. The predicted octanol–water partition coefficient (Wildman–Crippen LogP) is 2.42. The molecule has 5 N–H and O–H groups in total. The number of hydrogen-bond acceptors (Lipinski definition) is 7. The number of anilines is 3. The van der Waals surface area contributed by atoms with E-state index < -0.39 is 0 Å². The molecule has 3 rings (SSSR count). The van der Waals surface area contributed by atoms with Crippen LogP contribution in [0.5, 0.6) is 11.5 Å². The summed E-state index contributed by atoms with van der Waals surface area (Å²) in [5, 5.41) is 4.11. The summed E-state index contributed by atoms with van der Waals surface area (Å²) in [6, 6.07) is 11.5. The van der Waals surface area contributed by atoms with Crippen molar-refractivity contribution < 1.29 is 9.47 Å². The first-order valence-corrected chi connectivity index (χ1v) is 7.38. The summed E-state index contributed by atoms with van der Waals surface area (Å²) in [7, 11) is 3.23. The number of methoxy groups -OCH3 is 2. The average Bonchev–Trinajstić information content (AvgIpc) is 2.59. The molecule has 0 bridgehead atoms. The minimum Gasteiger partial charge on any atom is -0.493 e. The Labute approximate surface area is 139 Å². The summed E-state index contributed by atoms with van der Waals surface area (Å²) in [6.07, 6.45) is 0. The molecular weight excluding hydrogens is 306 g/mol. The van der Waals surface area contributed by atoms with Gasteiger partial charge in [-0.2, -0.15) is 4.98 Å². The van der Waals surface area contributed by atoms with Gasteiger partial charge in [-0.05, 0) is 35.9 Å². The third kappa shape index (κ3) is 3.10. The zero-order valence-corrected chi connectivity index (χ0v) is 13.5. The molecule has 0 saturated carbocycles. The van der Waals surface area contributed by atoms with E-state index in [4.69, 9.17) is 20.9 Å². The number of nitrogens with two attached hydrogens (primary N) is 2. The number of fused-ring (bicyclic) bond motifs is 1. The highest BCUT2D eigenvalue weighted by Crippen LogP contribution is 2.28. The average molecular weight is 325 g/mol. The monoisotopic (exact) mass is 325 g/mol. The summed E-state index contributed by atoms with van der Waals surface area (Å²) in [6.45, 7) is 0.627. The van der Waals surface area contributed by atoms with Gasteiger partial charge in [0.25, 0.3) is 0 Å². The quantitative estimate of drug-likeness (QED) is 0.661. The summed E-state index contributed by atoms with van der Waals surface area (Å²) >= 11 is 0. The van der Waals surface area contributed by atoms with Crippen LogP contribution in [-0.2, 0) is 6.54 Å². The van der Waals surface area contributed by atoms with E-state index in [1.807, 2.05) is 36.4 Å². The second-order valence-electron chi connectivity index (χ2n) is 5.24. The molecule has 0 saturated heterocycles. The number of benzene rings is 2. The van der Waals surface area contributed by atoms with Crippen LogP contribution in [0.2, 0.25) is 0 Å². The maximum Gasteiger partial charge on any atom is 0.222 e. The van der Waals surface area contributed by atoms with Gasteiger partial charge in [-0.25, -0.2) is 4.98 Å². The van der Waals surface area contributed by atoms with Crippen LogP contribution in [0.3, 0.4) is 0 Å². The van der Waals surface area contributed by atoms with Gasteiger partial charge in [-0.3, -0.25) is 0 Å². The smallest absolute Gasteiger partial charge is 0.222 e. The molecule has 0 fully saturated rings. The van der Waals surface area contributed by atoms with Crippen LogP contribution in [0.1, 0.15) is 5.56 Å². The fourth-order valence-electron chi connectivity index (χ4n) is 2.48. The molecule has 0 radical (unpaired) electrons. The topological polar surface area (TPSA) is 108 Å². The van der Waals surface area contributed by atoms with Gasteiger partial charge in [0.1, 0.15) is 5.82 Å². The van der Waals surface area contributed by atoms with E-state index in [-0.39, 0.29) is 5.95 Å². The highest BCUT2D eigenvalue weighted by atomic mass is 16.5. The SMILES string of the molecule is COc1ccc(CNc2ccc3nc(N)nc(N)c3c2)cc1OC. The first-order chi connectivity index (χ1) is 11.6. The van der Waals surface area contributed by atoms with Gasteiger partial charge in [-0.1, -0.05) is 6.07 Å². The maximum absolute atomic E-state index is 5.91. The van der Waals surface area contributed by atoms with E-state index in [1.165, 1.54) is 0 Å². The van der Waals surface area contributed by atoms with Crippen molar-refractivity contribution in [2.45, 2.75) is 6.54 Å². The van der Waals surface area contributed by atoms with Crippen molar-refractivity contribution in [3.8, 4) is 11.5 Å². The maximum atomic E-state index is 5.91. The molecule has 0 unspecified atom stereocenters. The van der Waals surface area contributed by atoms with Gasteiger partial charge in [0.2, 0.25) is 5.95 Å². The van der Waals surface area contributed by atoms with Crippen molar-refractivity contribution in [1.82, 2.24) is 9.97 Å². The number of hydrogen-bond donors (Lipinski definition) is 3. The van der Waals surface area contributed by atoms with Crippen LogP contribution >= 0.6 is 0 Å². The Hall–Kier alpha value is -3.22. The molecule has 0 aliphatic heterocycles. The van der Waals surface area contributed by atoms with Crippen LogP contribution in [0.4, 0.5) is 17.5 Å². The molecule has 24 heavy (non-hydrogen) atoms. The fraction of sp³-hybridized carbons (Fsp3) is 0.176. The van der Waals surface area contributed by atoms with E-state index in [1.54, 1.807) is 14.2 Å². The minimum absolute atomic E-state index is 0.172. The lowest BCUT2D eigenvalue weighted by molar-refractivity contribution is 0.354. The third-order valence-electron chi connectivity index (χ3n) is 3.69. The zero-order valence-electron chi connectivity index (χ0n) is 13.5. The second-order valence-corrected chi connectivity index (χ2v) is 5.24. The van der Waals surface area contributed by atoms with Crippen molar-refractivity contribution in [2.75, 3.05) is 31.0 Å². The van der Waals surface area contributed by atoms with E-state index in [9.17, 15) is 0 Å². The molecule has 0 atom stereocenters. The zero-order chi connectivity index (χ0) is 17.1. The van der Waals surface area contributed by atoms with Crippen LogP contribution in [-0.4, -0.2) is 24.2 Å². The summed E-state index contributed by atoms with van der Waals surface area (Å²) in [5.74, 6) is 1.94. The Morgan fingerprint density at radius 3 is 2.50 bits per heavy atom. The number of rotatable bonds is 5. The van der Waals surface area contributed by atoms with Gasteiger partial charge in [-0.15, -0.1) is 0 Å². The standard InChI is InChI=1S/C17H19N5O2/c1-23-14-6-3-10(7-15(14)24-2)9-20-11-4-5-13-12(8-11)16(18)22-17(19)21-13/h3-8,20H,9H2,1-2H3,(H4,18,19,21,22). The molecule has 1 aromatic heterocycles. The largest absolute Gasteiger partial charge is 0.493 e. The van der Waals surface area contributed by atoms with E-state index in [0.717, 1.165) is 22.2 Å². The van der Waals surface area contributed by atoms with E-state index >= 15 is 0 Å². The Morgan fingerprint density at radius 2 is 1.75 bits per heavy atom. The molecule has 0 aliphatic rings. The van der Waals surface area contributed by atoms with Gasteiger partial charge in [0.05, 0.1) is 19.7 Å². The van der Waals surface area contributed by atoms with Crippen LogP contribution in [0.25, 0.3) is 10.9 Å². The van der Waals surface area contributed by atoms with Gasteiger partial charge < -0.3 is 26.3 Å². The first-order valence-electron chi connectivity index (χ1n) is 7.38. The van der Waals surface area contributed by atoms with Gasteiger partial charge in [0, 0.05) is 17.6 Å². The van der Waals surface area contributed by atoms with Gasteiger partial charge in [0.15, 0.2) is 11.5 Å². The summed E-state index contributed by atoms with van der Waals surface area (Å²) in [4.78, 5) is 8.16. The van der Waals surface area contributed by atoms with E-state index in [0.29, 0.717) is 23.9 Å². The lowest BCUT2D eigenvalue weighted by atomic mass is 10.1. The molecule has 2 aromatic carbocycles. The highest BCUT2D eigenvalue weighted by Gasteiger charge is 2.06. The molecule has 7 nitrogen and oxygen atoms in total. The van der Waals surface area contributed by atoms with Crippen LogP contribution in [0.15, 0.2) is 36.4 Å². The number of nitrogens with zero attached hydrogens (tertiary/aromatic N) is 2. The third-order valence-corrected chi connectivity index (χ3v) is 3.69. The normalized spacial score (nSPS) is 10.6. The molecule has 0 spiro atoms. The minimum atomic E-state index is 0.172. The van der Waals surface area contributed by atoms with Gasteiger partial charge >= 0.3 is 0 Å². The van der Waals surface area contributed by atoms with Crippen molar-refractivity contribution >= 4 is 28.4 Å². The lowest BCUT2D eigenvalue weighted by Gasteiger charge is -2.11. The first kappa shape index (κ1) is 15.7. The molecule has 1 heterocycles. The summed E-state index contributed by atoms with van der Waals surface area (Å²) < 4.78 is 10.6. The van der Waals surface area contributed by atoms with Crippen LogP contribution < -0.4 is 26.3 Å². The Bertz CT molecular complexity index is 882. The van der Waals surface area contributed by atoms with Crippen molar-refractivity contribution in [3.63, 3.8) is 0 Å². The number of nitrogen functional groups attached to an aromatic ring is 2. The Kier molecular flexibility index (Phi) is 4.24. The molecule has 7 heteroatoms. The lowest BCUT2D eigenvalue weighted by Crippen LogP contribution is -2.03. The molecule has 3 aromatic rings. The molecular formula is C17H19N5O2.